The molecule has 1 amide bonds. The molecule has 1 heterocycles. The van der Waals surface area contributed by atoms with Crippen LogP contribution in [-0.2, 0) is 14.3 Å². The largest absolute Gasteiger partial charge is 0.480 e. The second-order valence-corrected chi connectivity index (χ2v) is 4.71. The maximum absolute atomic E-state index is 11.9. The Morgan fingerprint density at radius 3 is 2.50 bits per heavy atom. The molecule has 0 spiro atoms. The highest BCUT2D eigenvalue weighted by atomic mass is 16.5. The molecule has 1 saturated heterocycles. The van der Waals surface area contributed by atoms with Crippen LogP contribution in [0.15, 0.2) is 0 Å². The molecule has 1 aliphatic heterocycles. The lowest BCUT2D eigenvalue weighted by atomic mass is 9.90. The molecule has 0 aliphatic carbocycles. The number of aliphatic carboxylic acids is 1. The highest BCUT2D eigenvalue weighted by molar-refractivity contribution is 5.87. The second kappa shape index (κ2) is 6.70. The first kappa shape index (κ1) is 14.9. The monoisotopic (exact) mass is 258 g/mol. The lowest BCUT2D eigenvalue weighted by molar-refractivity contribution is -0.152. The van der Waals surface area contributed by atoms with Gasteiger partial charge in [0, 0.05) is 38.5 Å². The number of amides is 1. The maximum atomic E-state index is 11.9. The van der Waals surface area contributed by atoms with Crippen molar-refractivity contribution >= 4 is 11.9 Å². The summed E-state index contributed by atoms with van der Waals surface area (Å²) in [6.07, 6.45) is 0.928. The highest BCUT2D eigenvalue weighted by Gasteiger charge is 2.41. The molecule has 0 aromatic heterocycles. The van der Waals surface area contributed by atoms with Gasteiger partial charge in [-0.2, -0.15) is 0 Å². The van der Waals surface area contributed by atoms with E-state index >= 15 is 0 Å². The van der Waals surface area contributed by atoms with Gasteiger partial charge in [0.15, 0.2) is 0 Å². The van der Waals surface area contributed by atoms with Gasteiger partial charge in [-0.05, 0) is 13.5 Å². The van der Waals surface area contributed by atoms with Crippen LogP contribution in [-0.4, -0.2) is 48.3 Å². The quantitative estimate of drug-likeness (QED) is 0.630. The summed E-state index contributed by atoms with van der Waals surface area (Å²) in [6, 6.07) is 0.0423. The Labute approximate surface area is 107 Å². The Morgan fingerprint density at radius 1 is 1.39 bits per heavy atom. The van der Waals surface area contributed by atoms with E-state index in [9.17, 15) is 14.7 Å². The number of rotatable bonds is 6. The van der Waals surface area contributed by atoms with Crippen molar-refractivity contribution in [2.24, 2.45) is 0 Å². The molecule has 1 unspecified atom stereocenters. The summed E-state index contributed by atoms with van der Waals surface area (Å²) < 4.78 is 5.15. The lowest BCUT2D eigenvalue weighted by Gasteiger charge is -2.34. The fourth-order valence-corrected chi connectivity index (χ4v) is 2.13. The van der Waals surface area contributed by atoms with Gasteiger partial charge in [-0.25, -0.2) is 4.79 Å². The van der Waals surface area contributed by atoms with Crippen LogP contribution in [0.3, 0.4) is 0 Å². The van der Waals surface area contributed by atoms with E-state index < -0.39 is 11.5 Å². The van der Waals surface area contributed by atoms with Crippen LogP contribution >= 0.6 is 0 Å². The standard InChI is InChI=1S/C12H22N2O4/c1-3-13-9(2)8-10(15)14-12(11(16)17)4-6-18-7-5-12/h9,13H,3-8H2,1-2H3,(H,14,15)(H,16,17). The number of ether oxygens (including phenoxy) is 1. The smallest absolute Gasteiger partial charge is 0.329 e. The van der Waals surface area contributed by atoms with Crippen molar-refractivity contribution < 1.29 is 19.4 Å². The summed E-state index contributed by atoms with van der Waals surface area (Å²) in [5.74, 6) is -1.21. The van der Waals surface area contributed by atoms with Crippen LogP contribution in [0.4, 0.5) is 0 Å². The first-order valence-electron chi connectivity index (χ1n) is 6.35. The zero-order valence-corrected chi connectivity index (χ0v) is 11.0. The number of nitrogens with one attached hydrogen (secondary N) is 2. The van der Waals surface area contributed by atoms with Crippen LogP contribution in [0, 0.1) is 0 Å². The Hall–Kier alpha value is -1.14. The van der Waals surface area contributed by atoms with Crippen molar-refractivity contribution in [3.05, 3.63) is 0 Å². The molecule has 1 aliphatic rings. The fourth-order valence-electron chi connectivity index (χ4n) is 2.13. The minimum absolute atomic E-state index is 0.0423. The van der Waals surface area contributed by atoms with Gasteiger partial charge in [0.1, 0.15) is 5.54 Å². The average Bonchev–Trinajstić information content (AvgIpc) is 2.29. The normalized spacial score (nSPS) is 20.1. The molecule has 104 valence electrons. The van der Waals surface area contributed by atoms with Crippen LogP contribution in [0.5, 0.6) is 0 Å². The van der Waals surface area contributed by atoms with Gasteiger partial charge >= 0.3 is 5.97 Å². The summed E-state index contributed by atoms with van der Waals surface area (Å²) in [4.78, 5) is 23.2. The summed E-state index contributed by atoms with van der Waals surface area (Å²) >= 11 is 0. The average molecular weight is 258 g/mol. The van der Waals surface area contributed by atoms with Gasteiger partial charge in [0.05, 0.1) is 0 Å². The molecule has 1 fully saturated rings. The van der Waals surface area contributed by atoms with E-state index in [1.54, 1.807) is 0 Å². The number of carboxylic acid groups (broad SMARTS) is 1. The third-order valence-electron chi connectivity index (χ3n) is 3.18. The molecule has 18 heavy (non-hydrogen) atoms. The van der Waals surface area contributed by atoms with Crippen molar-refractivity contribution in [3.8, 4) is 0 Å². The molecule has 1 atom stereocenters. The van der Waals surface area contributed by atoms with Gasteiger partial charge in [-0.3, -0.25) is 4.79 Å². The van der Waals surface area contributed by atoms with Crippen LogP contribution in [0.1, 0.15) is 33.1 Å². The number of hydrogen-bond acceptors (Lipinski definition) is 4. The Kier molecular flexibility index (Phi) is 5.55. The van der Waals surface area contributed by atoms with Crippen molar-refractivity contribution in [2.75, 3.05) is 19.8 Å². The molecule has 3 N–H and O–H groups in total. The molecule has 0 radical (unpaired) electrons. The summed E-state index contributed by atoms with van der Waals surface area (Å²) in [5, 5.41) is 15.1. The Bertz CT molecular complexity index is 300. The molecule has 0 aromatic carbocycles. The predicted molar refractivity (Wildman–Crippen MR) is 66.3 cm³/mol. The minimum Gasteiger partial charge on any atom is -0.480 e. The van der Waals surface area contributed by atoms with Gasteiger partial charge in [0.2, 0.25) is 5.91 Å². The van der Waals surface area contributed by atoms with Gasteiger partial charge in [0.25, 0.3) is 0 Å². The molecule has 0 aromatic rings. The minimum atomic E-state index is -1.15. The fraction of sp³-hybridized carbons (Fsp3) is 0.833. The molecule has 0 bridgehead atoms. The van der Waals surface area contributed by atoms with Crippen molar-refractivity contribution in [1.29, 1.82) is 0 Å². The number of carbonyl (C=O) groups excluding carboxylic acids is 1. The van der Waals surface area contributed by atoms with E-state index in [0.717, 1.165) is 6.54 Å². The zero-order chi connectivity index (χ0) is 13.6. The SMILES string of the molecule is CCNC(C)CC(=O)NC1(C(=O)O)CCOCC1. The van der Waals surface area contributed by atoms with E-state index in [0.29, 0.717) is 26.1 Å². The van der Waals surface area contributed by atoms with E-state index in [-0.39, 0.29) is 18.4 Å². The second-order valence-electron chi connectivity index (χ2n) is 4.71. The molecule has 6 heteroatoms. The van der Waals surface area contributed by atoms with Gasteiger partial charge in [-0.1, -0.05) is 6.92 Å². The van der Waals surface area contributed by atoms with E-state index in [1.807, 2.05) is 13.8 Å². The van der Waals surface area contributed by atoms with Crippen LogP contribution < -0.4 is 10.6 Å². The summed E-state index contributed by atoms with van der Waals surface area (Å²) in [5.41, 5.74) is -1.15. The van der Waals surface area contributed by atoms with Gasteiger partial charge in [-0.15, -0.1) is 0 Å². The number of carbonyl (C=O) groups is 2. The first-order chi connectivity index (χ1) is 8.50. The third kappa shape index (κ3) is 3.96. The van der Waals surface area contributed by atoms with Crippen molar-refractivity contribution in [2.45, 2.75) is 44.7 Å². The molecule has 0 saturated carbocycles. The number of hydrogen-bond donors (Lipinski definition) is 3. The van der Waals surface area contributed by atoms with E-state index in [1.165, 1.54) is 0 Å². The maximum Gasteiger partial charge on any atom is 0.329 e. The zero-order valence-electron chi connectivity index (χ0n) is 11.0. The predicted octanol–water partition coefficient (Wildman–Crippen LogP) is 0.125. The van der Waals surface area contributed by atoms with Gasteiger partial charge < -0.3 is 20.5 Å². The highest BCUT2D eigenvalue weighted by Crippen LogP contribution is 2.21. The van der Waals surface area contributed by atoms with E-state index in [4.69, 9.17) is 4.74 Å². The summed E-state index contributed by atoms with van der Waals surface area (Å²) in [7, 11) is 0. The number of carboxylic acids is 1. The lowest BCUT2D eigenvalue weighted by Crippen LogP contribution is -2.58. The van der Waals surface area contributed by atoms with E-state index in [2.05, 4.69) is 10.6 Å². The molecular formula is C12H22N2O4. The van der Waals surface area contributed by atoms with Crippen LogP contribution in [0.2, 0.25) is 0 Å². The molecular weight excluding hydrogens is 236 g/mol. The topological polar surface area (TPSA) is 87.7 Å². The van der Waals surface area contributed by atoms with Crippen molar-refractivity contribution in [1.82, 2.24) is 10.6 Å². The third-order valence-corrected chi connectivity index (χ3v) is 3.18. The summed E-state index contributed by atoms with van der Waals surface area (Å²) in [6.45, 7) is 5.39. The van der Waals surface area contributed by atoms with Crippen molar-refractivity contribution in [3.63, 3.8) is 0 Å². The molecule has 1 rings (SSSR count). The Balaban J connectivity index is 2.55. The Morgan fingerprint density at radius 2 is 2.00 bits per heavy atom. The van der Waals surface area contributed by atoms with Crippen LogP contribution in [0.25, 0.3) is 0 Å². The molecule has 6 nitrogen and oxygen atoms in total. The first-order valence-corrected chi connectivity index (χ1v) is 6.35.